The zero-order chi connectivity index (χ0) is 13.4. The summed E-state index contributed by atoms with van der Waals surface area (Å²) in [4.78, 5) is 16.6. The lowest BCUT2D eigenvalue weighted by atomic mass is 9.84. The molecule has 4 nitrogen and oxygen atoms in total. The molecule has 2 aliphatic carbocycles. The van der Waals surface area contributed by atoms with Crippen LogP contribution in [0.15, 0.2) is 18.3 Å². The summed E-state index contributed by atoms with van der Waals surface area (Å²) in [5.74, 6) is 1.20. The number of fused-ring (bicyclic) bond motifs is 2. The summed E-state index contributed by atoms with van der Waals surface area (Å²) in [6.07, 6.45) is 5.27. The summed E-state index contributed by atoms with van der Waals surface area (Å²) in [7, 11) is 0. The Morgan fingerprint density at radius 1 is 1.47 bits per heavy atom. The first-order valence-corrected chi connectivity index (χ1v) is 7.10. The van der Waals surface area contributed by atoms with Crippen LogP contribution in [0.5, 0.6) is 0 Å². The fraction of sp³-hybridized carbons (Fsp3) is 0.600. The number of rotatable bonds is 3. The predicted molar refractivity (Wildman–Crippen MR) is 73.1 cm³/mol. The second-order valence-electron chi connectivity index (χ2n) is 5.92. The molecule has 0 spiro atoms. The van der Waals surface area contributed by atoms with Gasteiger partial charge in [0, 0.05) is 12.2 Å². The highest BCUT2D eigenvalue weighted by Crippen LogP contribution is 2.47. The van der Waals surface area contributed by atoms with E-state index in [1.54, 1.807) is 6.20 Å². The lowest BCUT2D eigenvalue weighted by Gasteiger charge is -2.27. The van der Waals surface area contributed by atoms with Crippen LogP contribution in [0.25, 0.3) is 0 Å². The van der Waals surface area contributed by atoms with Crippen molar-refractivity contribution >= 4 is 5.91 Å². The van der Waals surface area contributed by atoms with Crippen LogP contribution in [0, 0.1) is 24.7 Å². The monoisotopic (exact) mass is 259 g/mol. The van der Waals surface area contributed by atoms with Crippen molar-refractivity contribution in [1.29, 1.82) is 0 Å². The zero-order valence-electron chi connectivity index (χ0n) is 11.3. The first-order chi connectivity index (χ1) is 9.16. The SMILES string of the molecule is Cc1cccnc1CNC(=O)C1C2CCC(C2)C1N. The Labute approximate surface area is 113 Å². The maximum atomic E-state index is 12.3. The summed E-state index contributed by atoms with van der Waals surface area (Å²) in [5, 5.41) is 3.02. The highest BCUT2D eigenvalue weighted by molar-refractivity contribution is 5.80. The van der Waals surface area contributed by atoms with Gasteiger partial charge in [-0.1, -0.05) is 6.07 Å². The molecule has 0 radical (unpaired) electrons. The molecule has 1 heterocycles. The Kier molecular flexibility index (Phi) is 3.27. The number of nitrogens with two attached hydrogens (primary N) is 1. The van der Waals surface area contributed by atoms with Crippen LogP contribution in [0.3, 0.4) is 0 Å². The number of carbonyl (C=O) groups is 1. The molecule has 102 valence electrons. The van der Waals surface area contributed by atoms with Crippen molar-refractivity contribution in [2.24, 2.45) is 23.5 Å². The molecule has 4 atom stereocenters. The third kappa shape index (κ3) is 2.25. The van der Waals surface area contributed by atoms with Crippen LogP contribution in [0.2, 0.25) is 0 Å². The molecule has 2 fully saturated rings. The van der Waals surface area contributed by atoms with Gasteiger partial charge in [-0.15, -0.1) is 0 Å². The average molecular weight is 259 g/mol. The van der Waals surface area contributed by atoms with E-state index < -0.39 is 0 Å². The minimum atomic E-state index is 0.0165. The van der Waals surface area contributed by atoms with Gasteiger partial charge in [-0.2, -0.15) is 0 Å². The standard InChI is InChI=1S/C15H21N3O/c1-9-3-2-6-17-12(9)8-18-15(19)13-10-4-5-11(7-10)14(13)16/h2-3,6,10-11,13-14H,4-5,7-8,16H2,1H3,(H,18,19). The molecule has 4 heteroatoms. The molecule has 1 aromatic rings. The summed E-state index contributed by atoms with van der Waals surface area (Å²) < 4.78 is 0. The predicted octanol–water partition coefficient (Wildman–Crippen LogP) is 1.38. The van der Waals surface area contributed by atoms with E-state index >= 15 is 0 Å². The summed E-state index contributed by atoms with van der Waals surface area (Å²) >= 11 is 0. The number of amides is 1. The molecule has 19 heavy (non-hydrogen) atoms. The van der Waals surface area contributed by atoms with Crippen LogP contribution in [0.1, 0.15) is 30.5 Å². The van der Waals surface area contributed by atoms with E-state index in [0.717, 1.165) is 17.7 Å². The number of nitrogens with zero attached hydrogens (tertiary/aromatic N) is 1. The van der Waals surface area contributed by atoms with Crippen LogP contribution in [-0.4, -0.2) is 16.9 Å². The summed E-state index contributed by atoms with van der Waals surface area (Å²) in [5.41, 5.74) is 8.24. The highest BCUT2D eigenvalue weighted by atomic mass is 16.1. The molecule has 0 saturated heterocycles. The molecular formula is C15H21N3O. The van der Waals surface area contributed by atoms with Gasteiger partial charge < -0.3 is 11.1 Å². The smallest absolute Gasteiger partial charge is 0.225 e. The van der Waals surface area contributed by atoms with Crippen LogP contribution in [0.4, 0.5) is 0 Å². The second-order valence-corrected chi connectivity index (χ2v) is 5.92. The highest BCUT2D eigenvalue weighted by Gasteiger charge is 2.48. The van der Waals surface area contributed by atoms with Gasteiger partial charge in [0.2, 0.25) is 5.91 Å². The van der Waals surface area contributed by atoms with Gasteiger partial charge in [0.1, 0.15) is 0 Å². The Morgan fingerprint density at radius 3 is 2.95 bits per heavy atom. The van der Waals surface area contributed by atoms with Crippen molar-refractivity contribution < 1.29 is 4.79 Å². The average Bonchev–Trinajstić information content (AvgIpc) is 2.98. The van der Waals surface area contributed by atoms with Crippen molar-refractivity contribution in [1.82, 2.24) is 10.3 Å². The Hall–Kier alpha value is -1.42. The van der Waals surface area contributed by atoms with Gasteiger partial charge >= 0.3 is 0 Å². The van der Waals surface area contributed by atoms with E-state index in [2.05, 4.69) is 10.3 Å². The van der Waals surface area contributed by atoms with Gasteiger partial charge in [0.05, 0.1) is 18.2 Å². The van der Waals surface area contributed by atoms with Crippen molar-refractivity contribution in [2.45, 2.75) is 38.8 Å². The molecule has 2 bridgehead atoms. The molecule has 0 aromatic carbocycles. The Balaban J connectivity index is 1.62. The topological polar surface area (TPSA) is 68.0 Å². The maximum absolute atomic E-state index is 12.3. The van der Waals surface area contributed by atoms with Crippen molar-refractivity contribution in [3.05, 3.63) is 29.6 Å². The first kappa shape index (κ1) is 12.6. The van der Waals surface area contributed by atoms with Crippen molar-refractivity contribution in [3.8, 4) is 0 Å². The quantitative estimate of drug-likeness (QED) is 0.861. The molecule has 1 amide bonds. The molecule has 1 aromatic heterocycles. The summed E-state index contributed by atoms with van der Waals surface area (Å²) in [6.45, 7) is 2.52. The fourth-order valence-electron chi connectivity index (χ4n) is 3.72. The molecule has 3 rings (SSSR count). The number of hydrogen-bond acceptors (Lipinski definition) is 3. The number of pyridine rings is 1. The lowest BCUT2D eigenvalue weighted by Crippen LogP contribution is -2.45. The molecule has 0 aliphatic heterocycles. The Bertz CT molecular complexity index is 486. The third-order valence-electron chi connectivity index (χ3n) is 4.83. The minimum Gasteiger partial charge on any atom is -0.350 e. The molecule has 4 unspecified atom stereocenters. The molecule has 2 aliphatic rings. The lowest BCUT2D eigenvalue weighted by molar-refractivity contribution is -0.127. The van der Waals surface area contributed by atoms with Crippen LogP contribution >= 0.6 is 0 Å². The van der Waals surface area contributed by atoms with Crippen molar-refractivity contribution in [3.63, 3.8) is 0 Å². The van der Waals surface area contributed by atoms with Crippen molar-refractivity contribution in [2.75, 3.05) is 0 Å². The largest absolute Gasteiger partial charge is 0.350 e. The maximum Gasteiger partial charge on any atom is 0.225 e. The first-order valence-electron chi connectivity index (χ1n) is 7.10. The number of aromatic nitrogens is 1. The van der Waals surface area contributed by atoms with E-state index in [0.29, 0.717) is 18.4 Å². The van der Waals surface area contributed by atoms with E-state index in [4.69, 9.17) is 5.73 Å². The Morgan fingerprint density at radius 2 is 2.26 bits per heavy atom. The van der Waals surface area contributed by atoms with Gasteiger partial charge in [0.25, 0.3) is 0 Å². The van der Waals surface area contributed by atoms with E-state index in [-0.39, 0.29) is 17.9 Å². The molecule has 2 saturated carbocycles. The fourth-order valence-corrected chi connectivity index (χ4v) is 3.72. The normalized spacial score (nSPS) is 32.5. The van der Waals surface area contributed by atoms with Gasteiger partial charge in [-0.25, -0.2) is 0 Å². The second kappa shape index (κ2) is 4.93. The van der Waals surface area contributed by atoms with E-state index in [1.807, 2.05) is 19.1 Å². The van der Waals surface area contributed by atoms with Crippen LogP contribution in [-0.2, 0) is 11.3 Å². The number of carbonyl (C=O) groups excluding carboxylic acids is 1. The van der Waals surface area contributed by atoms with Gasteiger partial charge in [-0.05, 0) is 49.7 Å². The third-order valence-corrected chi connectivity index (χ3v) is 4.83. The van der Waals surface area contributed by atoms with Gasteiger partial charge in [0.15, 0.2) is 0 Å². The number of nitrogens with one attached hydrogen (secondary N) is 1. The van der Waals surface area contributed by atoms with E-state index in [1.165, 1.54) is 12.8 Å². The van der Waals surface area contributed by atoms with Gasteiger partial charge in [-0.3, -0.25) is 9.78 Å². The molecular weight excluding hydrogens is 238 g/mol. The van der Waals surface area contributed by atoms with Crippen LogP contribution < -0.4 is 11.1 Å². The number of hydrogen-bond donors (Lipinski definition) is 2. The number of aryl methyl sites for hydroxylation is 1. The zero-order valence-corrected chi connectivity index (χ0v) is 11.3. The van der Waals surface area contributed by atoms with E-state index in [9.17, 15) is 4.79 Å². The summed E-state index contributed by atoms with van der Waals surface area (Å²) in [6, 6.07) is 3.98. The molecule has 3 N–H and O–H groups in total. The minimum absolute atomic E-state index is 0.0165.